The molecule has 19 heavy (non-hydrogen) atoms. The van der Waals surface area contributed by atoms with Gasteiger partial charge in [-0.1, -0.05) is 51.9 Å². The molecule has 0 saturated carbocycles. The van der Waals surface area contributed by atoms with Gasteiger partial charge in [0.25, 0.3) is 0 Å². The molecule has 0 amide bonds. The van der Waals surface area contributed by atoms with Crippen molar-refractivity contribution in [1.82, 2.24) is 0 Å². The molecule has 112 valence electrons. The Morgan fingerprint density at radius 1 is 0.789 bits per heavy atom. The van der Waals surface area contributed by atoms with E-state index in [-0.39, 0.29) is 40.0 Å². The number of hydrogen-bond donors (Lipinski definition) is 0. The van der Waals surface area contributed by atoms with Crippen molar-refractivity contribution in [1.29, 1.82) is 0 Å². The Morgan fingerprint density at radius 2 is 1.32 bits per heavy atom. The van der Waals surface area contributed by atoms with Gasteiger partial charge in [-0.15, -0.1) is 0 Å². The summed E-state index contributed by atoms with van der Waals surface area (Å²) in [4.78, 5) is 0. The van der Waals surface area contributed by atoms with Gasteiger partial charge in [0.2, 0.25) is 0 Å². The molecule has 0 fully saturated rings. The van der Waals surface area contributed by atoms with Crippen LogP contribution in [0.3, 0.4) is 0 Å². The zero-order valence-electron chi connectivity index (χ0n) is 13.0. The first kappa shape index (κ1) is 25.1. The van der Waals surface area contributed by atoms with Gasteiger partial charge in [-0.2, -0.15) is 13.3 Å². The van der Waals surface area contributed by atoms with E-state index in [1.165, 1.54) is 44.9 Å². The van der Waals surface area contributed by atoms with Crippen molar-refractivity contribution in [2.75, 3.05) is 20.0 Å². The minimum absolute atomic E-state index is 0. The molecule has 0 aliphatic heterocycles. The SMILES string of the molecule is C[CH-]CCCOCOCCCCCCCCC.[Br-].[Mg+2]. The van der Waals surface area contributed by atoms with E-state index in [0.29, 0.717) is 6.79 Å². The minimum atomic E-state index is 0. The molecule has 0 saturated heterocycles. The minimum Gasteiger partial charge on any atom is -1.00 e. The van der Waals surface area contributed by atoms with Crippen LogP contribution in [-0.2, 0) is 9.47 Å². The summed E-state index contributed by atoms with van der Waals surface area (Å²) in [7, 11) is 0. The van der Waals surface area contributed by atoms with Gasteiger partial charge in [-0.25, -0.2) is 0 Å². The van der Waals surface area contributed by atoms with Crippen molar-refractivity contribution in [3.8, 4) is 0 Å². The maximum absolute atomic E-state index is 5.41. The summed E-state index contributed by atoms with van der Waals surface area (Å²) in [6.45, 7) is 6.48. The molecular weight excluding hydrogens is 316 g/mol. The van der Waals surface area contributed by atoms with Crippen LogP contribution in [0.4, 0.5) is 0 Å². The third-order valence-electron chi connectivity index (χ3n) is 2.84. The summed E-state index contributed by atoms with van der Waals surface area (Å²) in [5, 5.41) is 0. The number of halogens is 1. The second-order valence-corrected chi connectivity index (χ2v) is 4.61. The van der Waals surface area contributed by atoms with E-state index < -0.39 is 0 Å². The zero-order chi connectivity index (χ0) is 12.6. The van der Waals surface area contributed by atoms with Crippen LogP contribution in [-0.4, -0.2) is 43.1 Å². The van der Waals surface area contributed by atoms with Gasteiger partial charge in [0.15, 0.2) is 0 Å². The summed E-state index contributed by atoms with van der Waals surface area (Å²) in [6.07, 6.45) is 13.8. The number of ether oxygens (including phenoxy) is 2. The normalized spacial score (nSPS) is 9.79. The van der Waals surface area contributed by atoms with Crippen LogP contribution in [0.1, 0.15) is 71.6 Å². The van der Waals surface area contributed by atoms with Crippen molar-refractivity contribution in [2.24, 2.45) is 0 Å². The van der Waals surface area contributed by atoms with E-state index in [9.17, 15) is 0 Å². The van der Waals surface area contributed by atoms with E-state index >= 15 is 0 Å². The Balaban J connectivity index is -0.00000128. The van der Waals surface area contributed by atoms with Gasteiger partial charge in [0.05, 0.1) is 0 Å². The predicted octanol–water partition coefficient (Wildman–Crippen LogP) is 1.36. The topological polar surface area (TPSA) is 18.5 Å². The first-order valence-electron chi connectivity index (χ1n) is 7.35. The molecule has 0 unspecified atom stereocenters. The van der Waals surface area contributed by atoms with E-state index in [2.05, 4.69) is 20.3 Å². The summed E-state index contributed by atoms with van der Waals surface area (Å²) in [5.41, 5.74) is 0. The van der Waals surface area contributed by atoms with E-state index in [1.807, 2.05) is 0 Å². The molecule has 0 spiro atoms. The molecular formula is C15H31BrMgO2. The summed E-state index contributed by atoms with van der Waals surface area (Å²) < 4.78 is 10.8. The first-order valence-corrected chi connectivity index (χ1v) is 7.35. The van der Waals surface area contributed by atoms with Crippen molar-refractivity contribution < 1.29 is 26.5 Å². The molecule has 0 aliphatic rings. The van der Waals surface area contributed by atoms with E-state index in [4.69, 9.17) is 9.47 Å². The van der Waals surface area contributed by atoms with Crippen molar-refractivity contribution >= 4 is 23.1 Å². The Morgan fingerprint density at radius 3 is 1.89 bits per heavy atom. The molecule has 0 aliphatic carbocycles. The summed E-state index contributed by atoms with van der Waals surface area (Å²) in [6, 6.07) is 0. The Labute approximate surface area is 147 Å². The third kappa shape index (κ3) is 24.6. The van der Waals surface area contributed by atoms with Crippen LogP contribution >= 0.6 is 0 Å². The van der Waals surface area contributed by atoms with Gasteiger partial charge in [0.1, 0.15) is 6.79 Å². The maximum atomic E-state index is 5.41. The molecule has 0 N–H and O–H groups in total. The van der Waals surface area contributed by atoms with Gasteiger partial charge >= 0.3 is 23.1 Å². The van der Waals surface area contributed by atoms with Crippen LogP contribution in [0.15, 0.2) is 0 Å². The van der Waals surface area contributed by atoms with Crippen LogP contribution in [0, 0.1) is 6.42 Å². The zero-order valence-corrected chi connectivity index (χ0v) is 16.0. The third-order valence-corrected chi connectivity index (χ3v) is 2.84. The standard InChI is InChI=1S/C15H31O2.BrH.Mg/c1-3-5-7-8-9-10-12-14-17-15-16-13-11-6-4-2;;/h4H,3,5-15H2,1-2H3;1H;/q-1;;+2/p-1. The molecule has 0 bridgehead atoms. The maximum Gasteiger partial charge on any atom is 2.00 e. The van der Waals surface area contributed by atoms with Gasteiger partial charge in [-0.3, -0.25) is 0 Å². The molecule has 0 aromatic rings. The van der Waals surface area contributed by atoms with Crippen molar-refractivity contribution in [3.05, 3.63) is 6.42 Å². The smallest absolute Gasteiger partial charge is 1.00 e. The fraction of sp³-hybridized carbons (Fsp3) is 0.933. The number of rotatable bonds is 14. The Kier molecular flexibility index (Phi) is 32.0. The summed E-state index contributed by atoms with van der Waals surface area (Å²) >= 11 is 0. The van der Waals surface area contributed by atoms with Crippen LogP contribution in [0.5, 0.6) is 0 Å². The second-order valence-electron chi connectivity index (χ2n) is 4.61. The van der Waals surface area contributed by atoms with Gasteiger partial charge in [0, 0.05) is 13.2 Å². The average Bonchev–Trinajstić information content (AvgIpc) is 2.35. The molecule has 0 rings (SSSR count). The fourth-order valence-electron chi connectivity index (χ4n) is 1.73. The molecule has 4 heteroatoms. The predicted molar refractivity (Wildman–Crippen MR) is 79.7 cm³/mol. The van der Waals surface area contributed by atoms with Crippen molar-refractivity contribution in [3.63, 3.8) is 0 Å². The number of unbranched alkanes of at least 4 members (excludes halogenated alkanes) is 8. The number of hydrogen-bond acceptors (Lipinski definition) is 2. The molecule has 0 aromatic heterocycles. The van der Waals surface area contributed by atoms with Crippen LogP contribution in [0.2, 0.25) is 0 Å². The van der Waals surface area contributed by atoms with E-state index in [1.54, 1.807) is 0 Å². The molecule has 0 radical (unpaired) electrons. The van der Waals surface area contributed by atoms with Gasteiger partial charge < -0.3 is 32.9 Å². The Bertz CT molecular complexity index is 123. The molecule has 0 heterocycles. The monoisotopic (exact) mass is 346 g/mol. The quantitative estimate of drug-likeness (QED) is 0.204. The van der Waals surface area contributed by atoms with Gasteiger partial charge in [-0.05, 0) is 6.42 Å². The molecule has 0 atom stereocenters. The van der Waals surface area contributed by atoms with Crippen LogP contribution < -0.4 is 17.0 Å². The first-order chi connectivity index (χ1) is 8.41. The largest absolute Gasteiger partial charge is 2.00 e. The summed E-state index contributed by atoms with van der Waals surface area (Å²) in [5.74, 6) is 0. The second kappa shape index (κ2) is 24.2. The fourth-order valence-corrected chi connectivity index (χ4v) is 1.73. The van der Waals surface area contributed by atoms with Crippen molar-refractivity contribution in [2.45, 2.75) is 71.6 Å². The Hall–Kier alpha value is 1.17. The average molecular weight is 348 g/mol. The molecule has 2 nitrogen and oxygen atoms in total. The van der Waals surface area contributed by atoms with E-state index in [0.717, 1.165) is 26.1 Å². The van der Waals surface area contributed by atoms with Crippen LogP contribution in [0.25, 0.3) is 0 Å². The molecule has 0 aromatic carbocycles.